The lowest BCUT2D eigenvalue weighted by Gasteiger charge is -2.31. The Balaban J connectivity index is 2.13. The second-order valence-corrected chi connectivity index (χ2v) is 7.49. The summed E-state index contributed by atoms with van der Waals surface area (Å²) in [6.07, 6.45) is 2.66. The van der Waals surface area contributed by atoms with Crippen LogP contribution >= 0.6 is 0 Å². The first-order chi connectivity index (χ1) is 11.8. The molecule has 0 radical (unpaired) electrons. The number of nitrogens with zero attached hydrogens (tertiary/aromatic N) is 1. The molecule has 2 aliphatic rings. The molecule has 0 spiro atoms. The van der Waals surface area contributed by atoms with Crippen LogP contribution in [0.3, 0.4) is 0 Å². The SMILES string of the molecule is CCC(C)[C@H](NC(=O)[C@H]1CC(=O)C[C@H]1C)C(=O)N1CCC[C@H]1C(N)=O. The van der Waals surface area contributed by atoms with E-state index in [9.17, 15) is 19.2 Å². The van der Waals surface area contributed by atoms with E-state index in [0.717, 1.165) is 6.42 Å². The lowest BCUT2D eigenvalue weighted by molar-refractivity contribution is -0.142. The third-order valence-corrected chi connectivity index (χ3v) is 5.66. The van der Waals surface area contributed by atoms with Gasteiger partial charge in [-0.3, -0.25) is 19.2 Å². The van der Waals surface area contributed by atoms with Crippen molar-refractivity contribution in [3.63, 3.8) is 0 Å². The number of nitrogens with two attached hydrogens (primary N) is 1. The van der Waals surface area contributed by atoms with E-state index in [4.69, 9.17) is 5.73 Å². The summed E-state index contributed by atoms with van der Waals surface area (Å²) < 4.78 is 0. The van der Waals surface area contributed by atoms with Gasteiger partial charge in [-0.25, -0.2) is 0 Å². The Morgan fingerprint density at radius 2 is 2.00 bits per heavy atom. The molecule has 7 nitrogen and oxygen atoms in total. The zero-order chi connectivity index (χ0) is 18.7. The minimum absolute atomic E-state index is 0.00894. The van der Waals surface area contributed by atoms with E-state index in [1.54, 1.807) is 0 Å². The van der Waals surface area contributed by atoms with Gasteiger partial charge >= 0.3 is 0 Å². The standard InChI is InChI=1S/C18H29N3O4/c1-4-10(2)15(18(25)21-7-5-6-14(21)16(19)23)20-17(24)13-9-12(22)8-11(13)3/h10-11,13-15H,4-9H2,1-3H3,(H2,19,23)(H,20,24)/t10?,11-,13+,14+,15+/m1/s1. The molecule has 3 N–H and O–H groups in total. The van der Waals surface area contributed by atoms with Gasteiger partial charge in [-0.1, -0.05) is 27.2 Å². The van der Waals surface area contributed by atoms with Gasteiger partial charge in [0.1, 0.15) is 17.9 Å². The van der Waals surface area contributed by atoms with Gasteiger partial charge < -0.3 is 16.0 Å². The average Bonchev–Trinajstić information content (AvgIpc) is 3.17. The molecule has 0 aromatic heterocycles. The van der Waals surface area contributed by atoms with Crippen LogP contribution < -0.4 is 11.1 Å². The number of hydrogen-bond acceptors (Lipinski definition) is 4. The van der Waals surface area contributed by atoms with Gasteiger partial charge in [0.2, 0.25) is 17.7 Å². The topological polar surface area (TPSA) is 110 Å². The minimum atomic E-state index is -0.694. The summed E-state index contributed by atoms with van der Waals surface area (Å²) in [5, 5.41) is 2.86. The van der Waals surface area contributed by atoms with Crippen LogP contribution in [0.1, 0.15) is 52.9 Å². The summed E-state index contributed by atoms with van der Waals surface area (Å²) >= 11 is 0. The molecular weight excluding hydrogens is 322 g/mol. The lowest BCUT2D eigenvalue weighted by Crippen LogP contribution is -2.56. The van der Waals surface area contributed by atoms with Crippen molar-refractivity contribution in [3.8, 4) is 0 Å². The summed E-state index contributed by atoms with van der Waals surface area (Å²) in [5.41, 5.74) is 5.41. The van der Waals surface area contributed by atoms with Gasteiger partial charge in [0.25, 0.3) is 0 Å². The molecule has 7 heteroatoms. The van der Waals surface area contributed by atoms with E-state index in [2.05, 4.69) is 5.32 Å². The molecule has 1 saturated heterocycles. The molecule has 1 aliphatic heterocycles. The summed E-state index contributed by atoms with van der Waals surface area (Å²) in [4.78, 5) is 50.3. The molecule has 3 amide bonds. The van der Waals surface area contributed by atoms with Crippen LogP contribution in [-0.4, -0.2) is 47.0 Å². The van der Waals surface area contributed by atoms with E-state index in [1.165, 1.54) is 4.90 Å². The van der Waals surface area contributed by atoms with Gasteiger partial charge in [0.15, 0.2) is 0 Å². The smallest absolute Gasteiger partial charge is 0.246 e. The fraction of sp³-hybridized carbons (Fsp3) is 0.778. The fourth-order valence-electron chi connectivity index (χ4n) is 3.83. The van der Waals surface area contributed by atoms with Gasteiger partial charge in [-0.05, 0) is 24.7 Å². The first kappa shape index (κ1) is 19.4. The second-order valence-electron chi connectivity index (χ2n) is 7.49. The Hall–Kier alpha value is -1.92. The molecule has 1 heterocycles. The Kier molecular flexibility index (Phi) is 6.19. The number of carbonyl (C=O) groups is 4. The highest BCUT2D eigenvalue weighted by molar-refractivity contribution is 5.95. The average molecular weight is 351 g/mol. The summed E-state index contributed by atoms with van der Waals surface area (Å²) in [5.74, 6) is -1.36. The van der Waals surface area contributed by atoms with Crippen molar-refractivity contribution < 1.29 is 19.2 Å². The zero-order valence-electron chi connectivity index (χ0n) is 15.3. The Morgan fingerprint density at radius 1 is 1.32 bits per heavy atom. The maximum absolute atomic E-state index is 13.0. The summed E-state index contributed by atoms with van der Waals surface area (Å²) in [6, 6.07) is -1.29. The first-order valence-corrected chi connectivity index (χ1v) is 9.18. The molecule has 0 aromatic rings. The molecule has 5 atom stereocenters. The van der Waals surface area contributed by atoms with Crippen LogP contribution in [0, 0.1) is 17.8 Å². The number of amides is 3. The largest absolute Gasteiger partial charge is 0.368 e. The van der Waals surface area contributed by atoms with E-state index in [1.807, 2.05) is 20.8 Å². The van der Waals surface area contributed by atoms with Crippen LogP contribution in [-0.2, 0) is 19.2 Å². The quantitative estimate of drug-likeness (QED) is 0.730. The van der Waals surface area contributed by atoms with E-state index in [0.29, 0.717) is 25.8 Å². The molecule has 0 aromatic carbocycles. The van der Waals surface area contributed by atoms with Crippen LogP contribution in [0.15, 0.2) is 0 Å². The number of rotatable bonds is 6. The second kappa shape index (κ2) is 7.97. The van der Waals surface area contributed by atoms with Crippen molar-refractivity contribution in [2.45, 2.75) is 65.0 Å². The maximum atomic E-state index is 13.0. The van der Waals surface area contributed by atoms with Crippen molar-refractivity contribution in [2.24, 2.45) is 23.5 Å². The number of primary amides is 1. The van der Waals surface area contributed by atoms with Crippen molar-refractivity contribution in [1.29, 1.82) is 0 Å². The number of nitrogens with one attached hydrogen (secondary N) is 1. The van der Waals surface area contributed by atoms with E-state index in [-0.39, 0.29) is 41.8 Å². The predicted molar refractivity (Wildman–Crippen MR) is 92.2 cm³/mol. The Labute approximate surface area is 148 Å². The van der Waals surface area contributed by atoms with Crippen LogP contribution in [0.25, 0.3) is 0 Å². The molecular formula is C18H29N3O4. The lowest BCUT2D eigenvalue weighted by atomic mass is 9.93. The fourth-order valence-corrected chi connectivity index (χ4v) is 3.83. The number of Topliss-reactive ketones (excluding diaryl/α,β-unsaturated/α-hetero) is 1. The molecule has 1 unspecified atom stereocenters. The molecule has 1 saturated carbocycles. The van der Waals surface area contributed by atoms with Crippen LogP contribution in [0.5, 0.6) is 0 Å². The highest BCUT2D eigenvalue weighted by atomic mass is 16.2. The maximum Gasteiger partial charge on any atom is 0.246 e. The Morgan fingerprint density at radius 3 is 2.52 bits per heavy atom. The summed E-state index contributed by atoms with van der Waals surface area (Å²) in [7, 11) is 0. The molecule has 25 heavy (non-hydrogen) atoms. The molecule has 2 rings (SSSR count). The van der Waals surface area contributed by atoms with Gasteiger partial charge in [-0.15, -0.1) is 0 Å². The van der Waals surface area contributed by atoms with Gasteiger partial charge in [-0.2, -0.15) is 0 Å². The van der Waals surface area contributed by atoms with Crippen molar-refractivity contribution in [3.05, 3.63) is 0 Å². The number of carbonyl (C=O) groups excluding carboxylic acids is 4. The first-order valence-electron chi connectivity index (χ1n) is 9.18. The highest BCUT2D eigenvalue weighted by Crippen LogP contribution is 2.29. The van der Waals surface area contributed by atoms with Crippen molar-refractivity contribution in [1.82, 2.24) is 10.2 Å². The van der Waals surface area contributed by atoms with E-state index >= 15 is 0 Å². The predicted octanol–water partition coefficient (Wildman–Crippen LogP) is 0.609. The van der Waals surface area contributed by atoms with Crippen molar-refractivity contribution in [2.75, 3.05) is 6.54 Å². The molecule has 0 bridgehead atoms. The number of likely N-dealkylation sites (tertiary alicyclic amines) is 1. The number of hydrogen-bond donors (Lipinski definition) is 2. The Bertz CT molecular complexity index is 563. The molecule has 140 valence electrons. The van der Waals surface area contributed by atoms with Gasteiger partial charge in [0.05, 0.1) is 0 Å². The van der Waals surface area contributed by atoms with E-state index < -0.39 is 18.0 Å². The van der Waals surface area contributed by atoms with Crippen molar-refractivity contribution >= 4 is 23.5 Å². The monoisotopic (exact) mass is 351 g/mol. The zero-order valence-corrected chi connectivity index (χ0v) is 15.3. The molecule has 2 fully saturated rings. The van der Waals surface area contributed by atoms with Crippen LogP contribution in [0.4, 0.5) is 0 Å². The molecule has 1 aliphatic carbocycles. The third-order valence-electron chi connectivity index (χ3n) is 5.66. The van der Waals surface area contributed by atoms with Crippen LogP contribution in [0.2, 0.25) is 0 Å². The van der Waals surface area contributed by atoms with Gasteiger partial charge in [0, 0.05) is 25.3 Å². The minimum Gasteiger partial charge on any atom is -0.368 e. The normalized spacial score (nSPS) is 28.7. The highest BCUT2D eigenvalue weighted by Gasteiger charge is 2.41. The summed E-state index contributed by atoms with van der Waals surface area (Å²) in [6.45, 7) is 6.22. The third kappa shape index (κ3) is 4.19. The number of ketones is 1.